The van der Waals surface area contributed by atoms with Gasteiger partial charge in [-0.25, -0.2) is 0 Å². The number of amides is 1. The predicted octanol–water partition coefficient (Wildman–Crippen LogP) is 7.75. The summed E-state index contributed by atoms with van der Waals surface area (Å²) in [6.45, 7) is 2.57. The summed E-state index contributed by atoms with van der Waals surface area (Å²) in [7, 11) is 0. The molecule has 7 rings (SSSR count). The van der Waals surface area contributed by atoms with E-state index in [1.807, 2.05) is 59.5 Å². The molecular formula is C39H30N4O. The zero-order valence-corrected chi connectivity index (χ0v) is 24.4. The predicted molar refractivity (Wildman–Crippen MR) is 174 cm³/mol. The van der Waals surface area contributed by atoms with Gasteiger partial charge in [-0.15, -0.1) is 0 Å². The Bertz CT molecular complexity index is 1980. The minimum Gasteiger partial charge on any atom is -0.307 e. The molecule has 0 N–H and O–H groups in total. The molecule has 0 aliphatic carbocycles. The molecule has 1 amide bonds. The smallest absolute Gasteiger partial charge is 0.238 e. The number of anilines is 1. The van der Waals surface area contributed by atoms with Gasteiger partial charge < -0.3 is 4.90 Å². The summed E-state index contributed by atoms with van der Waals surface area (Å²) in [5.74, 6) is 0.0918. The molecule has 0 bridgehead atoms. The Morgan fingerprint density at radius 1 is 0.750 bits per heavy atom. The fraction of sp³-hybridized carbons (Fsp3) is 0.128. The normalized spacial score (nSPS) is 13.5. The molecular weight excluding hydrogens is 540 g/mol. The molecule has 0 fully saturated rings. The van der Waals surface area contributed by atoms with Gasteiger partial charge in [0.15, 0.2) is 0 Å². The molecule has 0 unspecified atom stereocenters. The van der Waals surface area contributed by atoms with Gasteiger partial charge in [-0.3, -0.25) is 14.8 Å². The molecule has 0 saturated heterocycles. The number of fused-ring (bicyclic) bond motifs is 2. The largest absolute Gasteiger partial charge is 0.307 e. The molecule has 6 aromatic rings. The molecule has 44 heavy (non-hydrogen) atoms. The summed E-state index contributed by atoms with van der Waals surface area (Å²) in [5.41, 5.74) is 8.14. The molecule has 1 aliphatic heterocycles. The van der Waals surface area contributed by atoms with Crippen LogP contribution < -0.4 is 4.90 Å². The van der Waals surface area contributed by atoms with Gasteiger partial charge in [-0.05, 0) is 106 Å². The summed E-state index contributed by atoms with van der Waals surface area (Å²) in [5, 5.41) is 11.7. The second-order valence-corrected chi connectivity index (χ2v) is 11.5. The van der Waals surface area contributed by atoms with Crippen LogP contribution in [0, 0.1) is 18.3 Å². The number of hydrogen-bond donors (Lipinski definition) is 0. The molecule has 0 spiro atoms. The van der Waals surface area contributed by atoms with Crippen molar-refractivity contribution < 1.29 is 4.79 Å². The highest BCUT2D eigenvalue weighted by atomic mass is 16.2. The Morgan fingerprint density at radius 2 is 1.39 bits per heavy atom. The van der Waals surface area contributed by atoms with Gasteiger partial charge in [0.2, 0.25) is 5.91 Å². The third-order valence-electron chi connectivity index (χ3n) is 8.91. The van der Waals surface area contributed by atoms with E-state index in [1.165, 1.54) is 0 Å². The summed E-state index contributed by atoms with van der Waals surface area (Å²) in [4.78, 5) is 25.7. The van der Waals surface area contributed by atoms with Crippen LogP contribution in [0.15, 0.2) is 128 Å². The Morgan fingerprint density at radius 3 is 2.05 bits per heavy atom. The van der Waals surface area contributed by atoms with E-state index in [9.17, 15) is 5.26 Å². The van der Waals surface area contributed by atoms with Crippen molar-refractivity contribution in [3.63, 3.8) is 0 Å². The molecule has 0 radical (unpaired) electrons. The maximum Gasteiger partial charge on any atom is 0.238 e. The minimum atomic E-state index is -0.823. The second kappa shape index (κ2) is 11.2. The molecule has 4 aromatic carbocycles. The highest BCUT2D eigenvalue weighted by Gasteiger charge is 2.51. The lowest BCUT2D eigenvalue weighted by Gasteiger charge is -2.29. The zero-order chi connectivity index (χ0) is 30.1. The van der Waals surface area contributed by atoms with Crippen LogP contribution >= 0.6 is 0 Å². The number of aromatic nitrogens is 2. The van der Waals surface area contributed by atoms with Gasteiger partial charge in [0.1, 0.15) is 0 Å². The van der Waals surface area contributed by atoms with Crippen LogP contribution in [0.3, 0.4) is 0 Å². The molecule has 3 heterocycles. The summed E-state index contributed by atoms with van der Waals surface area (Å²) in [6.07, 6.45) is 8.27. The number of nitrogens with zero attached hydrogens (tertiary/aromatic N) is 4. The average molecular weight is 571 g/mol. The van der Waals surface area contributed by atoms with Gasteiger partial charge >= 0.3 is 0 Å². The monoisotopic (exact) mass is 570 g/mol. The Hall–Kier alpha value is -5.60. The van der Waals surface area contributed by atoms with Crippen molar-refractivity contribution in [1.29, 1.82) is 5.26 Å². The molecule has 5 nitrogen and oxygen atoms in total. The van der Waals surface area contributed by atoms with E-state index in [4.69, 9.17) is 0 Å². The fourth-order valence-electron chi connectivity index (χ4n) is 6.80. The maximum absolute atomic E-state index is 15.2. The molecule has 212 valence electrons. The number of pyridine rings is 2. The van der Waals surface area contributed by atoms with Crippen LogP contribution in [0.5, 0.6) is 0 Å². The first kappa shape index (κ1) is 27.2. The van der Waals surface area contributed by atoms with Crippen molar-refractivity contribution in [2.24, 2.45) is 0 Å². The first-order chi connectivity index (χ1) is 21.6. The van der Waals surface area contributed by atoms with Gasteiger partial charge in [-0.1, -0.05) is 66.7 Å². The quantitative estimate of drug-likeness (QED) is 0.197. The van der Waals surface area contributed by atoms with E-state index in [0.717, 1.165) is 55.4 Å². The van der Waals surface area contributed by atoms with Gasteiger partial charge in [0, 0.05) is 24.8 Å². The standard InChI is InChI=1S/C39H30N4O/c1-27-34(32-11-9-30(25-40)10-12-32)13-14-36-37(27)43(26-33-7-4-6-31-5-2-3-8-35(31)33)38(44)39(36,23-28-15-19-41-20-16-28)24-29-17-21-42-22-18-29/h2-22H,23-24,26H2,1H3. The van der Waals surface area contributed by atoms with E-state index < -0.39 is 5.41 Å². The first-order valence-electron chi connectivity index (χ1n) is 14.8. The fourth-order valence-corrected chi connectivity index (χ4v) is 6.80. The summed E-state index contributed by atoms with van der Waals surface area (Å²) < 4.78 is 0. The molecule has 0 saturated carbocycles. The molecule has 1 aliphatic rings. The van der Waals surface area contributed by atoms with Crippen molar-refractivity contribution in [2.45, 2.75) is 31.7 Å². The topological polar surface area (TPSA) is 69.9 Å². The summed E-state index contributed by atoms with van der Waals surface area (Å²) >= 11 is 0. The van der Waals surface area contributed by atoms with Crippen LogP contribution in [-0.2, 0) is 29.6 Å². The third kappa shape index (κ3) is 4.71. The average Bonchev–Trinajstić information content (AvgIpc) is 3.29. The lowest BCUT2D eigenvalue weighted by molar-refractivity contribution is -0.123. The van der Waals surface area contributed by atoms with Crippen molar-refractivity contribution >= 4 is 22.4 Å². The van der Waals surface area contributed by atoms with Crippen LogP contribution in [-0.4, -0.2) is 15.9 Å². The van der Waals surface area contributed by atoms with Crippen LogP contribution in [0.1, 0.15) is 33.4 Å². The van der Waals surface area contributed by atoms with E-state index in [-0.39, 0.29) is 5.91 Å². The number of carbonyl (C=O) groups excluding carboxylic acids is 1. The SMILES string of the molecule is Cc1c(-c2ccc(C#N)cc2)ccc2c1N(Cc1cccc3ccccc13)C(=O)C2(Cc1ccncc1)Cc1ccncc1. The first-order valence-corrected chi connectivity index (χ1v) is 14.8. The van der Waals surface area contributed by atoms with Crippen molar-refractivity contribution in [1.82, 2.24) is 9.97 Å². The lowest BCUT2D eigenvalue weighted by atomic mass is 9.71. The van der Waals surface area contributed by atoms with Crippen LogP contribution in [0.25, 0.3) is 21.9 Å². The zero-order valence-electron chi connectivity index (χ0n) is 24.4. The van der Waals surface area contributed by atoms with E-state index in [1.54, 1.807) is 24.8 Å². The number of rotatable bonds is 7. The van der Waals surface area contributed by atoms with E-state index >= 15 is 4.79 Å². The van der Waals surface area contributed by atoms with E-state index in [0.29, 0.717) is 24.9 Å². The highest BCUT2D eigenvalue weighted by Crippen LogP contribution is 2.50. The second-order valence-electron chi connectivity index (χ2n) is 11.5. The van der Waals surface area contributed by atoms with Crippen molar-refractivity contribution in [3.05, 3.63) is 161 Å². The van der Waals surface area contributed by atoms with Crippen molar-refractivity contribution in [3.8, 4) is 17.2 Å². The summed E-state index contributed by atoms with van der Waals surface area (Å²) in [6, 6.07) is 36.8. The molecule has 0 atom stereocenters. The van der Waals surface area contributed by atoms with Crippen molar-refractivity contribution in [2.75, 3.05) is 4.90 Å². The Labute approximate surface area is 257 Å². The van der Waals surface area contributed by atoms with Crippen LogP contribution in [0.4, 0.5) is 5.69 Å². The third-order valence-corrected chi connectivity index (χ3v) is 8.91. The lowest BCUT2D eigenvalue weighted by Crippen LogP contribution is -2.43. The molecule has 2 aromatic heterocycles. The van der Waals surface area contributed by atoms with E-state index in [2.05, 4.69) is 71.5 Å². The number of hydrogen-bond acceptors (Lipinski definition) is 4. The van der Waals surface area contributed by atoms with Gasteiger partial charge in [0.05, 0.1) is 29.3 Å². The molecule has 5 heteroatoms. The number of benzene rings is 4. The minimum absolute atomic E-state index is 0.0918. The maximum atomic E-state index is 15.2. The Balaban J connectivity index is 1.45. The van der Waals surface area contributed by atoms with Gasteiger partial charge in [0.25, 0.3) is 0 Å². The number of carbonyl (C=O) groups is 1. The highest BCUT2D eigenvalue weighted by molar-refractivity contribution is 6.10. The van der Waals surface area contributed by atoms with Crippen LogP contribution in [0.2, 0.25) is 0 Å². The van der Waals surface area contributed by atoms with Gasteiger partial charge in [-0.2, -0.15) is 5.26 Å². The number of nitriles is 1. The Kier molecular flexibility index (Phi) is 6.96.